The van der Waals surface area contributed by atoms with Gasteiger partial charge in [-0.25, -0.2) is 13.2 Å². The molecule has 0 fully saturated rings. The molecule has 1 radical (unpaired) electrons. The SMILES string of the molecule is CCn1n[c]c(F)c1C(F)F. The Labute approximate surface area is 61.6 Å². The van der Waals surface area contributed by atoms with E-state index in [4.69, 9.17) is 0 Å². The molecule has 1 aromatic heterocycles. The van der Waals surface area contributed by atoms with Gasteiger partial charge in [-0.05, 0) is 6.92 Å². The van der Waals surface area contributed by atoms with E-state index in [0.717, 1.165) is 4.68 Å². The molecule has 0 unspecified atom stereocenters. The zero-order valence-corrected chi connectivity index (χ0v) is 5.81. The van der Waals surface area contributed by atoms with Crippen molar-refractivity contribution in [3.63, 3.8) is 0 Å². The highest BCUT2D eigenvalue weighted by atomic mass is 19.3. The quantitative estimate of drug-likeness (QED) is 0.649. The first kappa shape index (κ1) is 8.10. The fourth-order valence-corrected chi connectivity index (χ4v) is 0.778. The van der Waals surface area contributed by atoms with Gasteiger partial charge in [-0.3, -0.25) is 4.68 Å². The molecule has 2 nitrogen and oxygen atoms in total. The van der Waals surface area contributed by atoms with Gasteiger partial charge >= 0.3 is 0 Å². The predicted molar refractivity (Wildman–Crippen MR) is 31.7 cm³/mol. The Morgan fingerprint density at radius 2 is 2.27 bits per heavy atom. The second-order valence-corrected chi connectivity index (χ2v) is 1.93. The van der Waals surface area contributed by atoms with E-state index in [9.17, 15) is 13.2 Å². The first-order chi connectivity index (χ1) is 5.16. The van der Waals surface area contributed by atoms with Crippen LogP contribution in [0, 0.1) is 12.0 Å². The molecule has 0 N–H and O–H groups in total. The average molecular weight is 163 g/mol. The van der Waals surface area contributed by atoms with Crippen molar-refractivity contribution in [1.82, 2.24) is 9.78 Å². The maximum absolute atomic E-state index is 12.4. The molecule has 5 heteroatoms. The Bertz CT molecular complexity index is 244. The van der Waals surface area contributed by atoms with Crippen LogP contribution in [-0.2, 0) is 6.54 Å². The highest BCUT2D eigenvalue weighted by Crippen LogP contribution is 2.20. The van der Waals surface area contributed by atoms with E-state index in [1.807, 2.05) is 6.20 Å². The molecule has 0 aliphatic carbocycles. The van der Waals surface area contributed by atoms with Gasteiger partial charge in [0, 0.05) is 6.54 Å². The van der Waals surface area contributed by atoms with Crippen LogP contribution in [0.5, 0.6) is 0 Å². The minimum Gasteiger partial charge on any atom is -0.260 e. The lowest BCUT2D eigenvalue weighted by Gasteiger charge is -2.01. The largest absolute Gasteiger partial charge is 0.282 e. The number of rotatable bonds is 2. The molecule has 0 saturated carbocycles. The van der Waals surface area contributed by atoms with Crippen LogP contribution < -0.4 is 0 Å². The molecule has 0 amide bonds. The van der Waals surface area contributed by atoms with Crippen molar-refractivity contribution in [3.8, 4) is 0 Å². The maximum atomic E-state index is 12.4. The van der Waals surface area contributed by atoms with Gasteiger partial charge in [-0.1, -0.05) is 0 Å². The Kier molecular flexibility index (Phi) is 2.16. The Morgan fingerprint density at radius 3 is 2.64 bits per heavy atom. The molecular weight excluding hydrogens is 157 g/mol. The van der Waals surface area contributed by atoms with Gasteiger partial charge in [0.05, 0.1) is 0 Å². The van der Waals surface area contributed by atoms with Crippen LogP contribution in [0.4, 0.5) is 13.2 Å². The molecule has 11 heavy (non-hydrogen) atoms. The monoisotopic (exact) mass is 163 g/mol. The van der Waals surface area contributed by atoms with Crippen molar-refractivity contribution < 1.29 is 13.2 Å². The Hall–Kier alpha value is -1.00. The maximum Gasteiger partial charge on any atom is 0.282 e. The topological polar surface area (TPSA) is 17.8 Å². The molecule has 1 aromatic rings. The van der Waals surface area contributed by atoms with Gasteiger partial charge < -0.3 is 0 Å². The van der Waals surface area contributed by atoms with Crippen LogP contribution >= 0.6 is 0 Å². The van der Waals surface area contributed by atoms with Crippen LogP contribution in [0.15, 0.2) is 0 Å². The van der Waals surface area contributed by atoms with Gasteiger partial charge in [0.1, 0.15) is 5.69 Å². The van der Waals surface area contributed by atoms with Crippen molar-refractivity contribution in [1.29, 1.82) is 0 Å². The molecule has 0 atom stereocenters. The summed E-state index contributed by atoms with van der Waals surface area (Å²) in [6, 6.07) is 0. The summed E-state index contributed by atoms with van der Waals surface area (Å²) in [6.07, 6.45) is -0.989. The summed E-state index contributed by atoms with van der Waals surface area (Å²) in [4.78, 5) is 0. The highest BCUT2D eigenvalue weighted by Gasteiger charge is 2.19. The molecule has 0 saturated heterocycles. The first-order valence-electron chi connectivity index (χ1n) is 3.08. The molecule has 61 valence electrons. The van der Waals surface area contributed by atoms with Crippen molar-refractivity contribution in [3.05, 3.63) is 17.7 Å². The van der Waals surface area contributed by atoms with Gasteiger partial charge in [0.25, 0.3) is 6.43 Å². The number of nitrogens with zero attached hydrogens (tertiary/aromatic N) is 2. The van der Waals surface area contributed by atoms with Gasteiger partial charge in [-0.15, -0.1) is 0 Å². The summed E-state index contributed by atoms with van der Waals surface area (Å²) in [5.41, 5.74) is -0.687. The van der Waals surface area contributed by atoms with E-state index in [0.29, 0.717) is 0 Å². The molecule has 1 heterocycles. The summed E-state index contributed by atoms with van der Waals surface area (Å²) in [5.74, 6) is -1.07. The lowest BCUT2D eigenvalue weighted by atomic mass is 10.4. The van der Waals surface area contributed by atoms with E-state index in [2.05, 4.69) is 5.10 Å². The standard InChI is InChI=1S/C6H6F3N2/c1-2-11-5(6(8)9)4(7)3-10-11/h6H,2H2,1H3. The predicted octanol–water partition coefficient (Wildman–Crippen LogP) is 1.78. The summed E-state index contributed by atoms with van der Waals surface area (Å²) in [6.45, 7) is 1.83. The van der Waals surface area contributed by atoms with Crippen molar-refractivity contribution in [2.75, 3.05) is 0 Å². The zero-order valence-electron chi connectivity index (χ0n) is 5.81. The third-order valence-corrected chi connectivity index (χ3v) is 1.28. The first-order valence-corrected chi connectivity index (χ1v) is 3.08. The molecule has 0 spiro atoms. The van der Waals surface area contributed by atoms with E-state index < -0.39 is 17.9 Å². The zero-order chi connectivity index (χ0) is 8.43. The van der Waals surface area contributed by atoms with E-state index in [1.54, 1.807) is 6.92 Å². The second-order valence-electron chi connectivity index (χ2n) is 1.93. The van der Waals surface area contributed by atoms with Crippen LogP contribution in [0.2, 0.25) is 0 Å². The fraction of sp³-hybridized carbons (Fsp3) is 0.500. The van der Waals surface area contributed by atoms with Gasteiger partial charge in [0.2, 0.25) is 0 Å². The smallest absolute Gasteiger partial charge is 0.260 e. The molecule has 0 aliphatic rings. The van der Waals surface area contributed by atoms with Crippen molar-refractivity contribution >= 4 is 0 Å². The average Bonchev–Trinajstić information content (AvgIpc) is 2.30. The fourth-order valence-electron chi connectivity index (χ4n) is 0.778. The van der Waals surface area contributed by atoms with Crippen LogP contribution in [0.1, 0.15) is 19.0 Å². The van der Waals surface area contributed by atoms with Gasteiger partial charge in [0.15, 0.2) is 12.0 Å². The lowest BCUT2D eigenvalue weighted by Crippen LogP contribution is -2.03. The van der Waals surface area contributed by atoms with Crippen molar-refractivity contribution in [2.24, 2.45) is 0 Å². The summed E-state index contributed by atoms with van der Waals surface area (Å²) < 4.78 is 37.3. The van der Waals surface area contributed by atoms with E-state index in [-0.39, 0.29) is 6.54 Å². The molecule has 0 aliphatic heterocycles. The van der Waals surface area contributed by atoms with Crippen LogP contribution in [-0.4, -0.2) is 9.78 Å². The summed E-state index contributed by atoms with van der Waals surface area (Å²) >= 11 is 0. The van der Waals surface area contributed by atoms with Crippen molar-refractivity contribution in [2.45, 2.75) is 19.9 Å². The van der Waals surface area contributed by atoms with Gasteiger partial charge in [-0.2, -0.15) is 5.10 Å². The molecule has 0 aromatic carbocycles. The third kappa shape index (κ3) is 1.36. The number of halogens is 3. The normalized spacial score (nSPS) is 11.0. The summed E-state index contributed by atoms with van der Waals surface area (Å²) in [7, 11) is 0. The number of aryl methyl sites for hydroxylation is 1. The minimum atomic E-state index is -2.83. The number of alkyl halides is 2. The highest BCUT2D eigenvalue weighted by molar-refractivity contribution is 5.04. The van der Waals surface area contributed by atoms with E-state index >= 15 is 0 Å². The lowest BCUT2D eigenvalue weighted by molar-refractivity contribution is 0.134. The van der Waals surface area contributed by atoms with E-state index in [1.165, 1.54) is 0 Å². The Balaban J connectivity index is 3.07. The van der Waals surface area contributed by atoms with Crippen LogP contribution in [0.3, 0.4) is 0 Å². The Morgan fingerprint density at radius 1 is 1.64 bits per heavy atom. The third-order valence-electron chi connectivity index (χ3n) is 1.28. The van der Waals surface area contributed by atoms with Crippen LogP contribution in [0.25, 0.3) is 0 Å². The summed E-state index contributed by atoms with van der Waals surface area (Å²) in [5, 5.41) is 3.29. The number of hydrogen-bond acceptors (Lipinski definition) is 1. The minimum absolute atomic E-state index is 0.222. The second kappa shape index (κ2) is 2.94. The molecule has 0 bridgehead atoms. The molecular formula is C6H6F3N2. The molecule has 1 rings (SSSR count). The number of aromatic nitrogens is 2. The number of hydrogen-bond donors (Lipinski definition) is 0.